The van der Waals surface area contributed by atoms with E-state index in [9.17, 15) is 9.59 Å². The van der Waals surface area contributed by atoms with Crippen LogP contribution >= 0.6 is 0 Å². The molecule has 1 fully saturated rings. The van der Waals surface area contributed by atoms with Crippen LogP contribution in [0.25, 0.3) is 0 Å². The number of hydrogen-bond donors (Lipinski definition) is 2. The Bertz CT molecular complexity index is 657. The van der Waals surface area contributed by atoms with Crippen LogP contribution in [0.15, 0.2) is 29.3 Å². The number of guanidine groups is 1. The number of carbonyl (C=O) groups is 2. The Balaban J connectivity index is 1.84. The molecule has 2 rings (SSSR count). The van der Waals surface area contributed by atoms with E-state index in [4.69, 9.17) is 4.74 Å². The number of nitrogens with zero attached hydrogens (tertiary/aromatic N) is 2. The van der Waals surface area contributed by atoms with Gasteiger partial charge in [0, 0.05) is 39.3 Å². The summed E-state index contributed by atoms with van der Waals surface area (Å²) >= 11 is 0. The number of likely N-dealkylation sites (tertiary alicyclic amines) is 1. The van der Waals surface area contributed by atoms with E-state index in [0.717, 1.165) is 31.2 Å². The summed E-state index contributed by atoms with van der Waals surface area (Å²) in [6, 6.07) is 7.80. The summed E-state index contributed by atoms with van der Waals surface area (Å²) in [4.78, 5) is 29.3. The molecule has 1 aromatic carbocycles. The quantitative estimate of drug-likeness (QED) is 0.472. The molecule has 1 saturated heterocycles. The van der Waals surface area contributed by atoms with Crippen LogP contribution in [-0.4, -0.2) is 56.5 Å². The number of aliphatic imine (C=N–C) groups is 1. The normalized spacial score (nSPS) is 20.0. The second kappa shape index (κ2) is 9.22. The number of esters is 1. The standard InChI is InChI=1S/C19H28N4O3/c1-13-11-23(12-17(13)18(25)26-4)19(20-3)21-10-9-15-5-7-16(8-6-15)22-14(2)24/h5-8,13,17H,9-12H2,1-4H3,(H,20,21)(H,22,24). The highest BCUT2D eigenvalue weighted by Gasteiger charge is 2.36. The molecule has 1 aliphatic rings. The lowest BCUT2D eigenvalue weighted by Gasteiger charge is -2.21. The molecular formula is C19H28N4O3. The Labute approximate surface area is 154 Å². The summed E-state index contributed by atoms with van der Waals surface area (Å²) < 4.78 is 4.89. The third-order valence-corrected chi connectivity index (χ3v) is 4.60. The summed E-state index contributed by atoms with van der Waals surface area (Å²) in [6.07, 6.45) is 0.837. The van der Waals surface area contributed by atoms with Crippen LogP contribution in [0.2, 0.25) is 0 Å². The summed E-state index contributed by atoms with van der Waals surface area (Å²) in [5, 5.41) is 6.12. The van der Waals surface area contributed by atoms with Crippen molar-refractivity contribution in [1.29, 1.82) is 0 Å². The van der Waals surface area contributed by atoms with Crippen molar-refractivity contribution in [2.45, 2.75) is 20.3 Å². The van der Waals surface area contributed by atoms with E-state index in [0.29, 0.717) is 6.54 Å². The van der Waals surface area contributed by atoms with Crippen LogP contribution in [0.5, 0.6) is 0 Å². The lowest BCUT2D eigenvalue weighted by molar-refractivity contribution is -0.146. The summed E-state index contributed by atoms with van der Waals surface area (Å²) in [5.41, 5.74) is 1.97. The molecule has 1 aliphatic heterocycles. The molecule has 1 amide bonds. The summed E-state index contributed by atoms with van der Waals surface area (Å²) in [7, 11) is 3.18. The first-order chi connectivity index (χ1) is 12.4. The van der Waals surface area contributed by atoms with Gasteiger partial charge in [-0.05, 0) is 30.0 Å². The molecule has 1 heterocycles. The van der Waals surface area contributed by atoms with Gasteiger partial charge in [-0.3, -0.25) is 14.6 Å². The van der Waals surface area contributed by atoms with Gasteiger partial charge < -0.3 is 20.3 Å². The third kappa shape index (κ3) is 5.21. The highest BCUT2D eigenvalue weighted by Crippen LogP contribution is 2.24. The molecule has 0 spiro atoms. The first-order valence-electron chi connectivity index (χ1n) is 8.84. The molecule has 142 valence electrons. The fourth-order valence-corrected chi connectivity index (χ4v) is 3.21. The fourth-order valence-electron chi connectivity index (χ4n) is 3.21. The van der Waals surface area contributed by atoms with E-state index in [1.54, 1.807) is 7.05 Å². The number of ether oxygens (including phenoxy) is 1. The Kier molecular flexibility index (Phi) is 7.00. The highest BCUT2D eigenvalue weighted by molar-refractivity contribution is 5.88. The van der Waals surface area contributed by atoms with Crippen LogP contribution in [0.1, 0.15) is 19.4 Å². The number of anilines is 1. The maximum absolute atomic E-state index is 11.8. The minimum Gasteiger partial charge on any atom is -0.469 e. The van der Waals surface area contributed by atoms with Gasteiger partial charge in [0.15, 0.2) is 5.96 Å². The second-order valence-corrected chi connectivity index (χ2v) is 6.61. The van der Waals surface area contributed by atoms with Gasteiger partial charge in [-0.1, -0.05) is 19.1 Å². The number of rotatable bonds is 5. The molecule has 1 aromatic rings. The van der Waals surface area contributed by atoms with Crippen molar-refractivity contribution in [1.82, 2.24) is 10.2 Å². The number of carbonyl (C=O) groups excluding carboxylic acids is 2. The van der Waals surface area contributed by atoms with Crippen molar-refractivity contribution in [3.63, 3.8) is 0 Å². The van der Waals surface area contributed by atoms with Crippen molar-refractivity contribution < 1.29 is 14.3 Å². The number of amides is 1. The van der Waals surface area contributed by atoms with E-state index >= 15 is 0 Å². The van der Waals surface area contributed by atoms with Crippen molar-refractivity contribution in [2.75, 3.05) is 39.1 Å². The van der Waals surface area contributed by atoms with Gasteiger partial charge in [0.1, 0.15) is 0 Å². The number of methoxy groups -OCH3 is 1. The highest BCUT2D eigenvalue weighted by atomic mass is 16.5. The molecule has 0 bridgehead atoms. The second-order valence-electron chi connectivity index (χ2n) is 6.61. The Morgan fingerprint density at radius 3 is 2.54 bits per heavy atom. The summed E-state index contributed by atoms with van der Waals surface area (Å²) in [5.74, 6) is 0.698. The Morgan fingerprint density at radius 1 is 1.27 bits per heavy atom. The van der Waals surface area contributed by atoms with Crippen LogP contribution in [0, 0.1) is 11.8 Å². The van der Waals surface area contributed by atoms with E-state index in [2.05, 4.69) is 27.4 Å². The Hall–Kier alpha value is -2.57. The monoisotopic (exact) mass is 360 g/mol. The molecule has 7 nitrogen and oxygen atoms in total. The van der Waals surface area contributed by atoms with Gasteiger partial charge in [0.2, 0.25) is 5.91 Å². The van der Waals surface area contributed by atoms with Gasteiger partial charge in [0.05, 0.1) is 13.0 Å². The number of hydrogen-bond acceptors (Lipinski definition) is 4. The lowest BCUT2D eigenvalue weighted by atomic mass is 9.99. The summed E-state index contributed by atoms with van der Waals surface area (Å²) in [6.45, 7) is 5.70. The van der Waals surface area contributed by atoms with Crippen molar-refractivity contribution in [2.24, 2.45) is 16.8 Å². The van der Waals surface area contributed by atoms with E-state index in [1.807, 2.05) is 24.3 Å². The van der Waals surface area contributed by atoms with Crippen LogP contribution < -0.4 is 10.6 Å². The average molecular weight is 360 g/mol. The zero-order chi connectivity index (χ0) is 19.1. The van der Waals surface area contributed by atoms with Crippen LogP contribution in [0.4, 0.5) is 5.69 Å². The number of benzene rings is 1. The van der Waals surface area contributed by atoms with Gasteiger partial charge in [-0.2, -0.15) is 0 Å². The molecule has 2 unspecified atom stereocenters. The maximum atomic E-state index is 11.8. The number of nitrogens with one attached hydrogen (secondary N) is 2. The fraction of sp³-hybridized carbons (Fsp3) is 0.526. The SMILES string of the molecule is CN=C(NCCc1ccc(NC(C)=O)cc1)N1CC(C)C(C(=O)OC)C1. The smallest absolute Gasteiger partial charge is 0.310 e. The first kappa shape index (κ1) is 19.8. The molecule has 26 heavy (non-hydrogen) atoms. The minimum absolute atomic E-state index is 0.0756. The van der Waals surface area contributed by atoms with Gasteiger partial charge >= 0.3 is 5.97 Å². The zero-order valence-electron chi connectivity index (χ0n) is 15.9. The molecule has 0 radical (unpaired) electrons. The van der Waals surface area contributed by atoms with Crippen molar-refractivity contribution >= 4 is 23.5 Å². The lowest BCUT2D eigenvalue weighted by Crippen LogP contribution is -2.41. The van der Waals surface area contributed by atoms with Crippen molar-refractivity contribution in [3.05, 3.63) is 29.8 Å². The average Bonchev–Trinajstić information content (AvgIpc) is 3.00. The van der Waals surface area contributed by atoms with Crippen LogP contribution in [-0.2, 0) is 20.7 Å². The van der Waals surface area contributed by atoms with E-state index in [-0.39, 0.29) is 23.7 Å². The van der Waals surface area contributed by atoms with Gasteiger partial charge in [-0.15, -0.1) is 0 Å². The zero-order valence-corrected chi connectivity index (χ0v) is 15.9. The van der Waals surface area contributed by atoms with Crippen LogP contribution in [0.3, 0.4) is 0 Å². The predicted octanol–water partition coefficient (Wildman–Crippen LogP) is 1.50. The molecule has 0 aromatic heterocycles. The molecule has 7 heteroatoms. The van der Waals surface area contributed by atoms with E-state index < -0.39 is 0 Å². The largest absolute Gasteiger partial charge is 0.469 e. The molecule has 0 aliphatic carbocycles. The molecular weight excluding hydrogens is 332 g/mol. The molecule has 0 saturated carbocycles. The maximum Gasteiger partial charge on any atom is 0.310 e. The molecule has 2 N–H and O–H groups in total. The topological polar surface area (TPSA) is 83.0 Å². The first-order valence-corrected chi connectivity index (χ1v) is 8.84. The predicted molar refractivity (Wildman–Crippen MR) is 102 cm³/mol. The van der Waals surface area contributed by atoms with E-state index in [1.165, 1.54) is 19.6 Å². The molecule has 2 atom stereocenters. The third-order valence-electron chi connectivity index (χ3n) is 4.60. The van der Waals surface area contributed by atoms with Crippen molar-refractivity contribution in [3.8, 4) is 0 Å². The minimum atomic E-state index is -0.158. The Morgan fingerprint density at radius 2 is 1.96 bits per heavy atom. The van der Waals surface area contributed by atoms with Gasteiger partial charge in [0.25, 0.3) is 0 Å². The van der Waals surface area contributed by atoms with Gasteiger partial charge in [-0.25, -0.2) is 0 Å².